The predicted octanol–water partition coefficient (Wildman–Crippen LogP) is 1.52. The number of carbonyl (C=O) groups is 2. The van der Waals surface area contributed by atoms with Crippen molar-refractivity contribution in [2.75, 3.05) is 18.3 Å². The Kier molecular flexibility index (Phi) is 5.33. The quantitative estimate of drug-likeness (QED) is 0.386. The lowest BCUT2D eigenvalue weighted by atomic mass is 10.3. The Bertz CT molecular complexity index is 461. The first-order valence-electron chi connectivity index (χ1n) is 4.21. The van der Waals surface area contributed by atoms with Gasteiger partial charge in [0, 0.05) is 0 Å². The first-order valence-corrected chi connectivity index (χ1v) is 5.94. The van der Waals surface area contributed by atoms with Crippen molar-refractivity contribution < 1.29 is 14.4 Å². The van der Waals surface area contributed by atoms with Crippen molar-refractivity contribution in [1.29, 1.82) is 0 Å². The number of hydrogen-bond acceptors (Lipinski definition) is 6. The number of rotatable bonds is 5. The molecule has 17 heavy (non-hydrogen) atoms. The van der Waals surface area contributed by atoms with Crippen LogP contribution in [-0.4, -0.2) is 35.9 Å². The van der Waals surface area contributed by atoms with Crippen molar-refractivity contribution >= 4 is 57.6 Å². The Hall–Kier alpha value is -1.18. The van der Waals surface area contributed by atoms with Crippen LogP contribution in [0.15, 0.2) is 5.16 Å². The molecule has 0 spiro atoms. The summed E-state index contributed by atoms with van der Waals surface area (Å²) >= 11 is 12.2. The number of anilines is 1. The molecule has 0 fully saturated rings. The van der Waals surface area contributed by atoms with Gasteiger partial charge < -0.3 is 10.2 Å². The van der Waals surface area contributed by atoms with E-state index >= 15 is 0 Å². The third-order valence-corrected chi connectivity index (χ3v) is 2.91. The largest absolute Gasteiger partial charge is 0.398 e. The second kappa shape index (κ2) is 6.53. The number of halogens is 2. The number of nitrogens with one attached hydrogen (secondary N) is 1. The van der Waals surface area contributed by atoms with E-state index < -0.39 is 5.91 Å². The second-order valence-corrected chi connectivity index (χ2v) is 4.47. The first kappa shape index (κ1) is 13.9. The molecule has 0 radical (unpaired) electrons. The molecule has 1 heterocycles. The van der Waals surface area contributed by atoms with E-state index in [-0.39, 0.29) is 26.8 Å². The maximum atomic E-state index is 11.0. The normalized spacial score (nSPS) is 11.1. The van der Waals surface area contributed by atoms with Crippen molar-refractivity contribution in [3.05, 3.63) is 10.0 Å². The van der Waals surface area contributed by atoms with E-state index in [1.54, 1.807) is 0 Å². The van der Waals surface area contributed by atoms with Gasteiger partial charge in [0.2, 0.25) is 5.91 Å². The molecule has 1 rings (SSSR count). The molecule has 0 atom stereocenters. The molecule has 1 aromatic heterocycles. The third-order valence-electron chi connectivity index (χ3n) is 1.50. The van der Waals surface area contributed by atoms with Crippen LogP contribution in [-0.2, 0) is 14.4 Å². The highest BCUT2D eigenvalue weighted by Gasteiger charge is 2.16. The number of aldehydes is 1. The summed E-state index contributed by atoms with van der Waals surface area (Å²) in [4.78, 5) is 30.2. The fraction of sp³-hybridized carbons (Fsp3) is 0.250. The van der Waals surface area contributed by atoms with Crippen LogP contribution in [0.1, 0.15) is 5.69 Å². The van der Waals surface area contributed by atoms with Crippen LogP contribution < -0.4 is 5.32 Å². The lowest BCUT2D eigenvalue weighted by Gasteiger charge is -1.95. The van der Waals surface area contributed by atoms with Crippen LogP contribution in [0.4, 0.5) is 5.13 Å². The van der Waals surface area contributed by atoms with Crippen molar-refractivity contribution in [3.8, 4) is 0 Å². The van der Waals surface area contributed by atoms with Crippen LogP contribution in [0.2, 0.25) is 4.34 Å². The first-order chi connectivity index (χ1) is 8.12. The SMILES string of the molecule is CON=C(C=O)c1nc(NC(=O)CCl)sc1Cl. The third kappa shape index (κ3) is 3.65. The number of nitrogens with zero attached hydrogens (tertiary/aromatic N) is 2. The van der Waals surface area contributed by atoms with Crippen molar-refractivity contribution in [3.63, 3.8) is 0 Å². The minimum atomic E-state index is -0.417. The van der Waals surface area contributed by atoms with E-state index in [2.05, 4.69) is 20.3 Å². The van der Waals surface area contributed by atoms with E-state index in [9.17, 15) is 9.59 Å². The van der Waals surface area contributed by atoms with Crippen LogP contribution in [0.3, 0.4) is 0 Å². The predicted molar refractivity (Wildman–Crippen MR) is 66.1 cm³/mol. The molecule has 0 aliphatic heterocycles. The lowest BCUT2D eigenvalue weighted by molar-refractivity contribution is -0.114. The number of amides is 1. The molecule has 0 aromatic carbocycles. The molecule has 6 nitrogen and oxygen atoms in total. The number of carbonyl (C=O) groups excluding carboxylic acids is 2. The second-order valence-electron chi connectivity index (χ2n) is 2.60. The smallest absolute Gasteiger partial charge is 0.241 e. The molecular formula is C8H7Cl2N3O3S. The highest BCUT2D eigenvalue weighted by Crippen LogP contribution is 2.28. The molecule has 0 aliphatic carbocycles. The Morgan fingerprint density at radius 3 is 2.94 bits per heavy atom. The van der Waals surface area contributed by atoms with Gasteiger partial charge in [-0.1, -0.05) is 28.1 Å². The van der Waals surface area contributed by atoms with Gasteiger partial charge in [0.05, 0.1) is 0 Å². The summed E-state index contributed by atoms with van der Waals surface area (Å²) in [7, 11) is 1.29. The Labute approximate surface area is 111 Å². The topological polar surface area (TPSA) is 80.7 Å². The van der Waals surface area contributed by atoms with Crippen molar-refractivity contribution in [2.45, 2.75) is 0 Å². The highest BCUT2D eigenvalue weighted by atomic mass is 35.5. The fourth-order valence-corrected chi connectivity index (χ4v) is 2.03. The van der Waals surface area contributed by atoms with Crippen LogP contribution in [0, 0.1) is 0 Å². The van der Waals surface area contributed by atoms with Gasteiger partial charge in [-0.05, 0) is 0 Å². The van der Waals surface area contributed by atoms with E-state index in [1.807, 2.05) is 0 Å². The van der Waals surface area contributed by atoms with E-state index in [1.165, 1.54) is 7.11 Å². The monoisotopic (exact) mass is 295 g/mol. The maximum Gasteiger partial charge on any atom is 0.241 e. The Balaban J connectivity index is 2.99. The molecule has 9 heteroatoms. The number of hydrogen-bond donors (Lipinski definition) is 1. The Morgan fingerprint density at radius 1 is 1.71 bits per heavy atom. The summed E-state index contributed by atoms with van der Waals surface area (Å²) < 4.78 is 0.220. The van der Waals surface area contributed by atoms with Gasteiger partial charge in [-0.15, -0.1) is 11.6 Å². The zero-order valence-corrected chi connectivity index (χ0v) is 10.9. The average Bonchev–Trinajstić information content (AvgIpc) is 2.66. The molecule has 1 amide bonds. The van der Waals surface area contributed by atoms with Gasteiger partial charge >= 0.3 is 0 Å². The molecule has 0 saturated heterocycles. The van der Waals surface area contributed by atoms with Gasteiger partial charge in [-0.25, -0.2) is 4.98 Å². The highest BCUT2D eigenvalue weighted by molar-refractivity contribution is 7.20. The van der Waals surface area contributed by atoms with Gasteiger partial charge in [-0.3, -0.25) is 9.59 Å². The van der Waals surface area contributed by atoms with Crippen LogP contribution in [0.5, 0.6) is 0 Å². The molecule has 1 aromatic rings. The van der Waals surface area contributed by atoms with Gasteiger partial charge in [0.25, 0.3) is 0 Å². The molecule has 0 aliphatic rings. The zero-order chi connectivity index (χ0) is 12.8. The fourth-order valence-electron chi connectivity index (χ4n) is 0.885. The molecule has 0 saturated carbocycles. The summed E-state index contributed by atoms with van der Waals surface area (Å²) in [5, 5.41) is 6.11. The lowest BCUT2D eigenvalue weighted by Crippen LogP contribution is -2.12. The van der Waals surface area contributed by atoms with Crippen LogP contribution in [0.25, 0.3) is 0 Å². The minimum absolute atomic E-state index is 0.0554. The van der Waals surface area contributed by atoms with Crippen molar-refractivity contribution in [2.24, 2.45) is 5.16 Å². The number of oxime groups is 1. The van der Waals surface area contributed by atoms with Gasteiger partial charge in [-0.2, -0.15) is 0 Å². The molecule has 92 valence electrons. The minimum Gasteiger partial charge on any atom is -0.398 e. The van der Waals surface area contributed by atoms with Gasteiger partial charge in [0.1, 0.15) is 23.0 Å². The molecule has 0 bridgehead atoms. The summed E-state index contributed by atoms with van der Waals surface area (Å²) in [6.45, 7) is 0. The zero-order valence-electron chi connectivity index (χ0n) is 8.57. The Morgan fingerprint density at radius 2 is 2.41 bits per heavy atom. The van der Waals surface area contributed by atoms with E-state index in [0.29, 0.717) is 6.29 Å². The average molecular weight is 296 g/mol. The summed E-state index contributed by atoms with van der Waals surface area (Å²) in [5.74, 6) is -0.612. The van der Waals surface area contributed by atoms with Gasteiger partial charge in [0.15, 0.2) is 17.1 Å². The van der Waals surface area contributed by atoms with Crippen molar-refractivity contribution in [1.82, 2.24) is 4.98 Å². The standard InChI is InChI=1S/C8H7Cl2N3O3S/c1-16-13-4(3-14)6-7(10)17-8(12-6)11-5(15)2-9/h3H,2H2,1H3,(H,11,12,15). The summed E-state index contributed by atoms with van der Waals surface area (Å²) in [6, 6.07) is 0. The summed E-state index contributed by atoms with van der Waals surface area (Å²) in [6.07, 6.45) is 0.456. The maximum absolute atomic E-state index is 11.0. The van der Waals surface area contributed by atoms with Crippen LogP contribution >= 0.6 is 34.5 Å². The van der Waals surface area contributed by atoms with E-state index in [4.69, 9.17) is 23.2 Å². The molecular weight excluding hydrogens is 289 g/mol. The molecule has 1 N–H and O–H groups in total. The number of aromatic nitrogens is 1. The molecule has 0 unspecified atom stereocenters. The summed E-state index contributed by atoms with van der Waals surface area (Å²) in [5.41, 5.74) is 0.0958. The van der Waals surface area contributed by atoms with E-state index in [0.717, 1.165) is 11.3 Å². The number of alkyl halides is 1. The number of thiazole rings is 1.